The molecule has 102 valence electrons. The zero-order valence-electron chi connectivity index (χ0n) is 11.7. The summed E-state index contributed by atoms with van der Waals surface area (Å²) < 4.78 is 5.52. The molecule has 0 saturated heterocycles. The number of hydrogen-bond donors (Lipinski definition) is 2. The van der Waals surface area contributed by atoms with Gasteiger partial charge in [0.2, 0.25) is 0 Å². The topological polar surface area (TPSA) is 45.4 Å². The molecule has 1 saturated carbocycles. The SMILES string of the molecule is Cc1ccc(C(C)(O)CNC2CCC(C)CC2)o1. The maximum atomic E-state index is 10.4. The normalized spacial score (nSPS) is 28.0. The summed E-state index contributed by atoms with van der Waals surface area (Å²) in [5, 5.41) is 13.9. The fraction of sp³-hybridized carbons (Fsp3) is 0.733. The Hall–Kier alpha value is -0.800. The minimum Gasteiger partial charge on any atom is -0.463 e. The van der Waals surface area contributed by atoms with Crippen LogP contribution in [0.4, 0.5) is 0 Å². The summed E-state index contributed by atoms with van der Waals surface area (Å²) in [5.74, 6) is 2.35. The highest BCUT2D eigenvalue weighted by Gasteiger charge is 2.28. The van der Waals surface area contributed by atoms with Gasteiger partial charge in [0.05, 0.1) is 0 Å². The molecule has 2 rings (SSSR count). The Balaban J connectivity index is 1.85. The number of nitrogens with one attached hydrogen (secondary N) is 1. The van der Waals surface area contributed by atoms with Gasteiger partial charge in [0.25, 0.3) is 0 Å². The van der Waals surface area contributed by atoms with E-state index >= 15 is 0 Å². The highest BCUT2D eigenvalue weighted by atomic mass is 16.4. The molecule has 18 heavy (non-hydrogen) atoms. The second-order valence-electron chi connectivity index (χ2n) is 6.02. The summed E-state index contributed by atoms with van der Waals surface area (Å²) in [6.45, 7) is 6.58. The third-order valence-corrected chi connectivity index (χ3v) is 4.02. The molecule has 3 heteroatoms. The Labute approximate surface area is 110 Å². The van der Waals surface area contributed by atoms with Crippen molar-refractivity contribution in [2.75, 3.05) is 6.54 Å². The van der Waals surface area contributed by atoms with Crippen molar-refractivity contribution in [3.8, 4) is 0 Å². The third kappa shape index (κ3) is 3.36. The zero-order valence-corrected chi connectivity index (χ0v) is 11.7. The average molecular weight is 251 g/mol. The fourth-order valence-electron chi connectivity index (χ4n) is 2.62. The lowest BCUT2D eigenvalue weighted by Gasteiger charge is -2.30. The molecular weight excluding hydrogens is 226 g/mol. The number of rotatable bonds is 4. The first-order chi connectivity index (χ1) is 8.47. The number of furan rings is 1. The van der Waals surface area contributed by atoms with Gasteiger partial charge in [-0.15, -0.1) is 0 Å². The minimum absolute atomic E-state index is 0.545. The van der Waals surface area contributed by atoms with Crippen LogP contribution in [0.3, 0.4) is 0 Å². The predicted molar refractivity (Wildman–Crippen MR) is 72.4 cm³/mol. The fourth-order valence-corrected chi connectivity index (χ4v) is 2.62. The molecule has 1 atom stereocenters. The van der Waals surface area contributed by atoms with Crippen LogP contribution >= 0.6 is 0 Å². The zero-order chi connectivity index (χ0) is 13.2. The van der Waals surface area contributed by atoms with E-state index in [4.69, 9.17) is 4.42 Å². The predicted octanol–water partition coefficient (Wildman–Crippen LogP) is 2.96. The van der Waals surface area contributed by atoms with Crippen LogP contribution < -0.4 is 5.32 Å². The molecule has 1 aromatic rings. The second-order valence-corrected chi connectivity index (χ2v) is 6.02. The molecule has 1 heterocycles. The third-order valence-electron chi connectivity index (χ3n) is 4.02. The first kappa shape index (κ1) is 13.6. The lowest BCUT2D eigenvalue weighted by atomic mass is 9.87. The number of aliphatic hydroxyl groups is 1. The Morgan fingerprint density at radius 2 is 2.00 bits per heavy atom. The quantitative estimate of drug-likeness (QED) is 0.864. The van der Waals surface area contributed by atoms with E-state index in [1.807, 2.05) is 26.0 Å². The van der Waals surface area contributed by atoms with Gasteiger partial charge in [0.15, 0.2) is 0 Å². The molecule has 0 spiro atoms. The van der Waals surface area contributed by atoms with Gasteiger partial charge in [-0.05, 0) is 57.6 Å². The van der Waals surface area contributed by atoms with E-state index in [0.29, 0.717) is 18.3 Å². The molecule has 0 aromatic carbocycles. The van der Waals surface area contributed by atoms with Crippen LogP contribution in [0.1, 0.15) is 51.1 Å². The average Bonchev–Trinajstić information content (AvgIpc) is 2.76. The molecule has 1 unspecified atom stereocenters. The summed E-state index contributed by atoms with van der Waals surface area (Å²) in [7, 11) is 0. The Bertz CT molecular complexity index is 376. The highest BCUT2D eigenvalue weighted by molar-refractivity contribution is 5.12. The van der Waals surface area contributed by atoms with Gasteiger partial charge in [-0.2, -0.15) is 0 Å². The van der Waals surface area contributed by atoms with Gasteiger partial charge >= 0.3 is 0 Å². The lowest BCUT2D eigenvalue weighted by Crippen LogP contribution is -2.42. The van der Waals surface area contributed by atoms with Crippen LogP contribution in [0.25, 0.3) is 0 Å². The highest BCUT2D eigenvalue weighted by Crippen LogP contribution is 2.26. The maximum absolute atomic E-state index is 10.4. The van der Waals surface area contributed by atoms with E-state index in [2.05, 4.69) is 12.2 Å². The van der Waals surface area contributed by atoms with Crippen LogP contribution in [-0.2, 0) is 5.60 Å². The molecule has 1 aliphatic carbocycles. The van der Waals surface area contributed by atoms with Gasteiger partial charge in [0.1, 0.15) is 17.1 Å². The molecule has 0 aliphatic heterocycles. The van der Waals surface area contributed by atoms with Gasteiger partial charge < -0.3 is 14.8 Å². The van der Waals surface area contributed by atoms with Crippen molar-refractivity contribution in [2.24, 2.45) is 5.92 Å². The summed E-state index contributed by atoms with van der Waals surface area (Å²) >= 11 is 0. The first-order valence-electron chi connectivity index (χ1n) is 7.00. The Morgan fingerprint density at radius 3 is 2.56 bits per heavy atom. The van der Waals surface area contributed by atoms with Gasteiger partial charge in [-0.25, -0.2) is 0 Å². The molecule has 2 N–H and O–H groups in total. The second kappa shape index (κ2) is 5.45. The van der Waals surface area contributed by atoms with Crippen molar-refractivity contribution in [1.29, 1.82) is 0 Å². The Morgan fingerprint density at radius 1 is 1.33 bits per heavy atom. The van der Waals surface area contributed by atoms with Crippen LogP contribution in [0, 0.1) is 12.8 Å². The molecule has 1 aliphatic rings. The van der Waals surface area contributed by atoms with Crippen LogP contribution in [0.2, 0.25) is 0 Å². The maximum Gasteiger partial charge on any atom is 0.136 e. The largest absolute Gasteiger partial charge is 0.463 e. The van der Waals surface area contributed by atoms with Crippen molar-refractivity contribution in [3.63, 3.8) is 0 Å². The number of aryl methyl sites for hydroxylation is 1. The van der Waals surface area contributed by atoms with E-state index in [1.165, 1.54) is 25.7 Å². The van der Waals surface area contributed by atoms with Crippen LogP contribution in [-0.4, -0.2) is 17.7 Å². The van der Waals surface area contributed by atoms with Gasteiger partial charge in [-0.3, -0.25) is 0 Å². The molecule has 0 radical (unpaired) electrons. The van der Waals surface area contributed by atoms with Gasteiger partial charge in [0, 0.05) is 12.6 Å². The van der Waals surface area contributed by atoms with Crippen molar-refractivity contribution in [3.05, 3.63) is 23.7 Å². The standard InChI is InChI=1S/C15H25NO2/c1-11-4-7-13(8-5-11)16-10-15(3,17)14-9-6-12(2)18-14/h6,9,11,13,16-17H,4-5,7-8,10H2,1-3H3. The van der Waals surface area contributed by atoms with E-state index in [1.54, 1.807) is 0 Å². The summed E-state index contributed by atoms with van der Waals surface area (Å²) in [6, 6.07) is 4.30. The molecule has 1 aromatic heterocycles. The van der Waals surface area contributed by atoms with E-state index in [0.717, 1.165) is 11.7 Å². The molecule has 0 amide bonds. The molecule has 1 fully saturated rings. The Kier molecular flexibility index (Phi) is 4.13. The summed E-state index contributed by atoms with van der Waals surface area (Å²) in [6.07, 6.45) is 5.02. The van der Waals surface area contributed by atoms with Crippen molar-refractivity contribution in [2.45, 2.75) is 58.1 Å². The van der Waals surface area contributed by atoms with Crippen LogP contribution in [0.5, 0.6) is 0 Å². The van der Waals surface area contributed by atoms with E-state index in [-0.39, 0.29) is 0 Å². The minimum atomic E-state index is -0.919. The lowest BCUT2D eigenvalue weighted by molar-refractivity contribution is 0.0291. The monoisotopic (exact) mass is 251 g/mol. The summed E-state index contributed by atoms with van der Waals surface area (Å²) in [4.78, 5) is 0. The van der Waals surface area contributed by atoms with Crippen molar-refractivity contribution in [1.82, 2.24) is 5.32 Å². The molecule has 0 bridgehead atoms. The number of hydrogen-bond acceptors (Lipinski definition) is 3. The molecular formula is C15H25NO2. The first-order valence-corrected chi connectivity index (χ1v) is 7.00. The van der Waals surface area contributed by atoms with Crippen molar-refractivity contribution < 1.29 is 9.52 Å². The van der Waals surface area contributed by atoms with Crippen molar-refractivity contribution >= 4 is 0 Å². The molecule has 3 nitrogen and oxygen atoms in total. The van der Waals surface area contributed by atoms with Crippen LogP contribution in [0.15, 0.2) is 16.5 Å². The van der Waals surface area contributed by atoms with E-state index in [9.17, 15) is 5.11 Å². The summed E-state index contributed by atoms with van der Waals surface area (Å²) in [5.41, 5.74) is -0.919. The smallest absolute Gasteiger partial charge is 0.136 e. The van der Waals surface area contributed by atoms with Gasteiger partial charge in [-0.1, -0.05) is 6.92 Å². The van der Waals surface area contributed by atoms with E-state index < -0.39 is 5.60 Å².